The van der Waals surface area contributed by atoms with Gasteiger partial charge in [-0.1, -0.05) is 38.1 Å². The van der Waals surface area contributed by atoms with Crippen LogP contribution in [-0.4, -0.2) is 46.8 Å². The van der Waals surface area contributed by atoms with Gasteiger partial charge in [0.25, 0.3) is 5.91 Å². The number of imide groups is 1. The van der Waals surface area contributed by atoms with E-state index >= 15 is 0 Å². The molecule has 2 heterocycles. The highest BCUT2D eigenvalue weighted by atomic mass is 16.2. The van der Waals surface area contributed by atoms with Crippen LogP contribution in [0.4, 0.5) is 4.79 Å². The summed E-state index contributed by atoms with van der Waals surface area (Å²) in [5.41, 5.74) is 2.21. The van der Waals surface area contributed by atoms with Crippen LogP contribution in [0, 0.1) is 5.92 Å². The summed E-state index contributed by atoms with van der Waals surface area (Å²) in [5, 5.41) is 2.81. The SMILES string of the molecule is CC(C)CNC(=O)CCN1C(=O)[C@@H]2Cc3ccccc3CN2C1=O. The second-order valence-electron chi connectivity index (χ2n) is 6.84. The van der Waals surface area contributed by atoms with E-state index in [4.69, 9.17) is 0 Å². The van der Waals surface area contributed by atoms with Gasteiger partial charge in [0.2, 0.25) is 5.91 Å². The zero-order valence-electron chi connectivity index (χ0n) is 14.1. The van der Waals surface area contributed by atoms with Gasteiger partial charge >= 0.3 is 6.03 Å². The molecule has 0 bridgehead atoms. The molecule has 0 spiro atoms. The zero-order valence-corrected chi connectivity index (χ0v) is 14.1. The van der Waals surface area contributed by atoms with E-state index < -0.39 is 6.04 Å². The quantitative estimate of drug-likeness (QED) is 0.833. The molecule has 3 rings (SSSR count). The number of hydrogen-bond acceptors (Lipinski definition) is 3. The average Bonchev–Trinajstić information content (AvgIpc) is 2.80. The van der Waals surface area contributed by atoms with Crippen LogP contribution >= 0.6 is 0 Å². The van der Waals surface area contributed by atoms with Crippen molar-refractivity contribution in [2.45, 2.75) is 39.3 Å². The van der Waals surface area contributed by atoms with Crippen molar-refractivity contribution in [3.8, 4) is 0 Å². The Bertz CT molecular complexity index is 628. The van der Waals surface area contributed by atoms with Crippen molar-refractivity contribution in [2.75, 3.05) is 13.1 Å². The molecular weight excluding hydrogens is 306 g/mol. The lowest BCUT2D eigenvalue weighted by Crippen LogP contribution is -2.40. The van der Waals surface area contributed by atoms with Gasteiger partial charge in [0, 0.05) is 32.5 Å². The third kappa shape index (κ3) is 3.13. The number of hydrogen-bond donors (Lipinski definition) is 1. The first kappa shape index (κ1) is 16.5. The summed E-state index contributed by atoms with van der Waals surface area (Å²) < 4.78 is 0. The maximum Gasteiger partial charge on any atom is 0.327 e. The first-order valence-electron chi connectivity index (χ1n) is 8.43. The van der Waals surface area contributed by atoms with Gasteiger partial charge in [-0.2, -0.15) is 0 Å². The highest BCUT2D eigenvalue weighted by Gasteiger charge is 2.46. The normalized spacial score (nSPS) is 19.5. The van der Waals surface area contributed by atoms with Crippen LogP contribution in [0.2, 0.25) is 0 Å². The van der Waals surface area contributed by atoms with E-state index in [1.165, 1.54) is 4.90 Å². The van der Waals surface area contributed by atoms with E-state index in [9.17, 15) is 14.4 Å². The van der Waals surface area contributed by atoms with Crippen LogP contribution in [0.1, 0.15) is 31.4 Å². The van der Waals surface area contributed by atoms with Crippen LogP contribution in [0.3, 0.4) is 0 Å². The molecule has 128 valence electrons. The minimum atomic E-state index is -0.425. The second-order valence-corrected chi connectivity index (χ2v) is 6.84. The molecule has 0 radical (unpaired) electrons. The van der Waals surface area contributed by atoms with Crippen LogP contribution in [0.5, 0.6) is 0 Å². The Hall–Kier alpha value is -2.37. The van der Waals surface area contributed by atoms with Crippen LogP contribution < -0.4 is 5.32 Å². The molecule has 0 unspecified atom stereocenters. The molecule has 6 nitrogen and oxygen atoms in total. The predicted molar refractivity (Wildman–Crippen MR) is 89.1 cm³/mol. The van der Waals surface area contributed by atoms with Crippen LogP contribution in [-0.2, 0) is 22.6 Å². The number of benzene rings is 1. The fraction of sp³-hybridized carbons (Fsp3) is 0.500. The number of rotatable bonds is 5. The van der Waals surface area contributed by atoms with E-state index in [0.29, 0.717) is 25.4 Å². The highest BCUT2D eigenvalue weighted by Crippen LogP contribution is 2.29. The van der Waals surface area contributed by atoms with Crippen molar-refractivity contribution in [1.29, 1.82) is 0 Å². The molecule has 1 N–H and O–H groups in total. The summed E-state index contributed by atoms with van der Waals surface area (Å²) in [5.74, 6) is 0.0557. The molecular formula is C18H23N3O3. The van der Waals surface area contributed by atoms with Gasteiger partial charge in [-0.25, -0.2) is 4.79 Å². The maximum absolute atomic E-state index is 12.6. The topological polar surface area (TPSA) is 69.7 Å². The Balaban J connectivity index is 1.63. The molecule has 24 heavy (non-hydrogen) atoms. The van der Waals surface area contributed by atoms with Crippen molar-refractivity contribution in [3.63, 3.8) is 0 Å². The monoisotopic (exact) mass is 329 g/mol. The van der Waals surface area contributed by atoms with E-state index in [1.54, 1.807) is 4.90 Å². The van der Waals surface area contributed by atoms with E-state index in [0.717, 1.165) is 11.1 Å². The Morgan fingerprint density at radius 3 is 2.67 bits per heavy atom. The van der Waals surface area contributed by atoms with Gasteiger partial charge in [-0.3, -0.25) is 14.5 Å². The molecule has 1 fully saturated rings. The predicted octanol–water partition coefficient (Wildman–Crippen LogP) is 1.54. The third-order valence-corrected chi connectivity index (χ3v) is 4.55. The fourth-order valence-electron chi connectivity index (χ4n) is 3.20. The molecule has 0 aliphatic carbocycles. The average molecular weight is 329 g/mol. The molecule has 0 saturated carbocycles. The van der Waals surface area contributed by atoms with Crippen LogP contribution in [0.25, 0.3) is 0 Å². The van der Waals surface area contributed by atoms with Gasteiger partial charge in [0.1, 0.15) is 6.04 Å². The maximum atomic E-state index is 12.6. The number of fused-ring (bicyclic) bond motifs is 2. The lowest BCUT2D eigenvalue weighted by Gasteiger charge is -2.28. The Kier molecular flexibility index (Phi) is 4.55. The van der Waals surface area contributed by atoms with Crippen molar-refractivity contribution in [1.82, 2.24) is 15.1 Å². The minimum absolute atomic E-state index is 0.127. The molecule has 2 aliphatic rings. The second kappa shape index (κ2) is 6.63. The van der Waals surface area contributed by atoms with E-state index in [2.05, 4.69) is 5.32 Å². The van der Waals surface area contributed by atoms with Gasteiger partial charge in [-0.15, -0.1) is 0 Å². The Morgan fingerprint density at radius 2 is 1.96 bits per heavy atom. The number of carbonyl (C=O) groups is 3. The molecule has 1 atom stereocenters. The van der Waals surface area contributed by atoms with Gasteiger partial charge < -0.3 is 10.2 Å². The summed E-state index contributed by atoms with van der Waals surface area (Å²) in [7, 11) is 0. The number of urea groups is 1. The highest BCUT2D eigenvalue weighted by molar-refractivity contribution is 6.04. The summed E-state index contributed by atoms with van der Waals surface area (Å²) in [6, 6.07) is 7.19. The largest absolute Gasteiger partial charge is 0.356 e. The zero-order chi connectivity index (χ0) is 17.3. The summed E-state index contributed by atoms with van der Waals surface area (Å²) >= 11 is 0. The minimum Gasteiger partial charge on any atom is -0.356 e. The first-order chi connectivity index (χ1) is 11.5. The molecule has 1 saturated heterocycles. The first-order valence-corrected chi connectivity index (χ1v) is 8.43. The Morgan fingerprint density at radius 1 is 1.25 bits per heavy atom. The lowest BCUT2D eigenvalue weighted by molar-refractivity contribution is -0.129. The number of nitrogens with one attached hydrogen (secondary N) is 1. The fourth-order valence-corrected chi connectivity index (χ4v) is 3.20. The smallest absolute Gasteiger partial charge is 0.327 e. The third-order valence-electron chi connectivity index (χ3n) is 4.55. The molecule has 6 heteroatoms. The molecule has 1 aromatic rings. The van der Waals surface area contributed by atoms with Crippen molar-refractivity contribution >= 4 is 17.8 Å². The molecule has 0 aromatic heterocycles. The number of carbonyl (C=O) groups excluding carboxylic acids is 3. The summed E-state index contributed by atoms with van der Waals surface area (Å²) in [6.07, 6.45) is 0.703. The Labute approximate surface area is 141 Å². The van der Waals surface area contributed by atoms with E-state index in [1.807, 2.05) is 38.1 Å². The van der Waals surface area contributed by atoms with Gasteiger partial charge in [0.05, 0.1) is 0 Å². The van der Waals surface area contributed by atoms with Crippen molar-refractivity contribution in [3.05, 3.63) is 35.4 Å². The van der Waals surface area contributed by atoms with Gasteiger partial charge in [-0.05, 0) is 17.0 Å². The van der Waals surface area contributed by atoms with Gasteiger partial charge in [0.15, 0.2) is 0 Å². The summed E-state index contributed by atoms with van der Waals surface area (Å²) in [4.78, 5) is 39.8. The van der Waals surface area contributed by atoms with Crippen molar-refractivity contribution < 1.29 is 14.4 Å². The number of amides is 4. The molecule has 1 aromatic carbocycles. The van der Waals surface area contributed by atoms with E-state index in [-0.39, 0.29) is 30.8 Å². The molecule has 4 amide bonds. The summed E-state index contributed by atoms with van der Waals surface area (Å²) in [6.45, 7) is 5.24. The van der Waals surface area contributed by atoms with Crippen LogP contribution in [0.15, 0.2) is 24.3 Å². The lowest BCUT2D eigenvalue weighted by atomic mass is 9.95. The van der Waals surface area contributed by atoms with Crippen molar-refractivity contribution in [2.24, 2.45) is 5.92 Å². The standard InChI is InChI=1S/C18H23N3O3/c1-12(2)10-19-16(22)7-8-20-17(23)15-9-13-5-3-4-6-14(13)11-21(15)18(20)24/h3-6,12,15H,7-11H2,1-2H3,(H,19,22)/t15-/m0/s1. The number of nitrogens with zero attached hydrogens (tertiary/aromatic N) is 2. The molecule has 2 aliphatic heterocycles.